The van der Waals surface area contributed by atoms with Gasteiger partial charge in [0.05, 0.1) is 12.2 Å². The summed E-state index contributed by atoms with van der Waals surface area (Å²) in [5.74, 6) is -0.0853. The maximum Gasteiger partial charge on any atom is 0.246 e. The molecule has 0 aliphatic carbocycles. The highest BCUT2D eigenvalue weighted by Gasteiger charge is 2.31. The quantitative estimate of drug-likeness (QED) is 0.774. The number of aromatic nitrogens is 2. The van der Waals surface area contributed by atoms with E-state index in [1.165, 1.54) is 0 Å². The molecule has 1 aliphatic heterocycles. The van der Waals surface area contributed by atoms with E-state index >= 15 is 0 Å². The number of nitrogens with zero attached hydrogens (tertiary/aromatic N) is 2. The van der Waals surface area contributed by atoms with Crippen molar-refractivity contribution in [3.63, 3.8) is 0 Å². The predicted octanol–water partition coefficient (Wildman–Crippen LogP) is 0.793. The molecule has 0 saturated carbocycles. The molecule has 1 amide bonds. The average Bonchev–Trinajstić information content (AvgIpc) is 2.98. The highest BCUT2D eigenvalue weighted by Crippen LogP contribution is 2.28. The first kappa shape index (κ1) is 14.0. The molecule has 6 nitrogen and oxygen atoms in total. The Hall–Kier alpha value is -1.40. The van der Waals surface area contributed by atoms with Gasteiger partial charge in [0.1, 0.15) is 12.7 Å². The summed E-state index contributed by atoms with van der Waals surface area (Å²) in [5, 5.41) is 7.10. The van der Waals surface area contributed by atoms with E-state index < -0.39 is 0 Å². The van der Waals surface area contributed by atoms with Gasteiger partial charge in [-0.1, -0.05) is 6.92 Å². The van der Waals surface area contributed by atoms with Crippen molar-refractivity contribution in [3.05, 3.63) is 18.0 Å². The van der Waals surface area contributed by atoms with E-state index in [2.05, 4.69) is 10.4 Å². The van der Waals surface area contributed by atoms with Crippen LogP contribution in [0.15, 0.2) is 12.4 Å². The third-order valence-corrected chi connectivity index (χ3v) is 3.07. The fourth-order valence-electron chi connectivity index (χ4n) is 2.21. The summed E-state index contributed by atoms with van der Waals surface area (Å²) in [5.41, 5.74) is 1.000. The SMILES string of the molecule is CCCOCC(=O)N[C@H]1CCO[C@@H]1c1cnn(C)c1. The Labute approximate surface area is 113 Å². The monoisotopic (exact) mass is 267 g/mol. The lowest BCUT2D eigenvalue weighted by Crippen LogP contribution is -2.38. The molecule has 106 valence electrons. The molecule has 2 atom stereocenters. The Balaban J connectivity index is 1.87. The van der Waals surface area contributed by atoms with Crippen LogP contribution in [0.3, 0.4) is 0 Å². The molecule has 1 aromatic rings. The van der Waals surface area contributed by atoms with Crippen LogP contribution in [0.2, 0.25) is 0 Å². The molecule has 19 heavy (non-hydrogen) atoms. The van der Waals surface area contributed by atoms with Crippen LogP contribution in [0.25, 0.3) is 0 Å². The molecule has 2 heterocycles. The van der Waals surface area contributed by atoms with Crippen LogP contribution >= 0.6 is 0 Å². The zero-order chi connectivity index (χ0) is 13.7. The average molecular weight is 267 g/mol. The van der Waals surface area contributed by atoms with Gasteiger partial charge in [-0.3, -0.25) is 9.48 Å². The molecule has 0 bridgehead atoms. The molecular weight excluding hydrogens is 246 g/mol. The normalized spacial score (nSPS) is 22.6. The minimum absolute atomic E-state index is 0.00178. The number of carbonyl (C=O) groups is 1. The van der Waals surface area contributed by atoms with Gasteiger partial charge in [-0.25, -0.2) is 0 Å². The Morgan fingerprint density at radius 1 is 1.68 bits per heavy atom. The largest absolute Gasteiger partial charge is 0.372 e. The summed E-state index contributed by atoms with van der Waals surface area (Å²) in [7, 11) is 1.87. The number of hydrogen-bond donors (Lipinski definition) is 1. The van der Waals surface area contributed by atoms with Gasteiger partial charge in [0, 0.05) is 32.0 Å². The fourth-order valence-corrected chi connectivity index (χ4v) is 2.21. The number of rotatable bonds is 6. The van der Waals surface area contributed by atoms with Crippen LogP contribution in [0.1, 0.15) is 31.4 Å². The van der Waals surface area contributed by atoms with Gasteiger partial charge in [0.25, 0.3) is 0 Å². The van der Waals surface area contributed by atoms with Crippen LogP contribution in [0, 0.1) is 0 Å². The van der Waals surface area contributed by atoms with E-state index in [4.69, 9.17) is 9.47 Å². The second-order valence-corrected chi connectivity index (χ2v) is 4.75. The summed E-state index contributed by atoms with van der Waals surface area (Å²) < 4.78 is 12.6. The van der Waals surface area contributed by atoms with Crippen molar-refractivity contribution in [1.82, 2.24) is 15.1 Å². The molecule has 2 rings (SSSR count). The Morgan fingerprint density at radius 2 is 2.53 bits per heavy atom. The van der Waals surface area contributed by atoms with Gasteiger partial charge in [0.15, 0.2) is 0 Å². The molecule has 0 radical (unpaired) electrons. The van der Waals surface area contributed by atoms with Gasteiger partial charge in [0.2, 0.25) is 5.91 Å². The molecular formula is C13H21N3O3. The van der Waals surface area contributed by atoms with Gasteiger partial charge >= 0.3 is 0 Å². The first-order valence-electron chi connectivity index (χ1n) is 6.68. The molecule has 1 saturated heterocycles. The van der Waals surface area contributed by atoms with Gasteiger partial charge < -0.3 is 14.8 Å². The summed E-state index contributed by atoms with van der Waals surface area (Å²) in [6.07, 6.45) is 5.33. The summed E-state index contributed by atoms with van der Waals surface area (Å²) >= 11 is 0. The van der Waals surface area contributed by atoms with E-state index in [0.717, 1.165) is 18.4 Å². The molecule has 1 fully saturated rings. The van der Waals surface area contributed by atoms with Crippen LogP contribution < -0.4 is 5.32 Å². The van der Waals surface area contributed by atoms with E-state index in [0.29, 0.717) is 13.2 Å². The maximum atomic E-state index is 11.7. The van der Waals surface area contributed by atoms with Gasteiger partial charge in [-0.2, -0.15) is 5.10 Å². The number of carbonyl (C=O) groups excluding carboxylic acids is 1. The highest BCUT2D eigenvalue weighted by molar-refractivity contribution is 5.77. The smallest absolute Gasteiger partial charge is 0.246 e. The van der Waals surface area contributed by atoms with Crippen molar-refractivity contribution in [2.45, 2.75) is 31.9 Å². The second-order valence-electron chi connectivity index (χ2n) is 4.75. The minimum atomic E-state index is -0.108. The van der Waals surface area contributed by atoms with E-state index in [1.807, 2.05) is 20.2 Å². The molecule has 1 aromatic heterocycles. The van der Waals surface area contributed by atoms with Crippen LogP contribution in [0.5, 0.6) is 0 Å². The first-order valence-corrected chi connectivity index (χ1v) is 6.68. The third-order valence-electron chi connectivity index (χ3n) is 3.07. The molecule has 6 heteroatoms. The predicted molar refractivity (Wildman–Crippen MR) is 69.6 cm³/mol. The molecule has 0 unspecified atom stereocenters. The third kappa shape index (κ3) is 3.78. The first-order chi connectivity index (χ1) is 9.20. The number of hydrogen-bond acceptors (Lipinski definition) is 4. The molecule has 0 aromatic carbocycles. The Kier molecular flexibility index (Phi) is 4.93. The minimum Gasteiger partial charge on any atom is -0.372 e. The van der Waals surface area contributed by atoms with E-state index in [9.17, 15) is 4.79 Å². The number of nitrogens with one attached hydrogen (secondary N) is 1. The van der Waals surface area contributed by atoms with Crippen molar-refractivity contribution in [3.8, 4) is 0 Å². The number of aryl methyl sites for hydroxylation is 1. The standard InChI is InChI=1S/C13H21N3O3/c1-3-5-18-9-12(17)15-11-4-6-19-13(11)10-7-14-16(2)8-10/h7-8,11,13H,3-6,9H2,1-2H3,(H,15,17)/t11-,13+/m0/s1. The lowest BCUT2D eigenvalue weighted by molar-refractivity contribution is -0.126. The lowest BCUT2D eigenvalue weighted by atomic mass is 10.1. The van der Waals surface area contributed by atoms with Crippen LogP contribution in [-0.4, -0.2) is 41.6 Å². The van der Waals surface area contributed by atoms with Gasteiger partial charge in [-0.15, -0.1) is 0 Å². The zero-order valence-electron chi connectivity index (χ0n) is 11.5. The second kappa shape index (κ2) is 6.68. The molecule has 1 N–H and O–H groups in total. The fraction of sp³-hybridized carbons (Fsp3) is 0.692. The van der Waals surface area contributed by atoms with E-state index in [-0.39, 0.29) is 24.7 Å². The Bertz CT molecular complexity index is 419. The molecule has 0 spiro atoms. The summed E-state index contributed by atoms with van der Waals surface area (Å²) in [4.78, 5) is 11.7. The number of ether oxygens (including phenoxy) is 2. The number of amides is 1. The van der Waals surface area contributed by atoms with Crippen molar-refractivity contribution >= 4 is 5.91 Å². The van der Waals surface area contributed by atoms with Crippen molar-refractivity contribution in [2.75, 3.05) is 19.8 Å². The lowest BCUT2D eigenvalue weighted by Gasteiger charge is -2.18. The summed E-state index contributed by atoms with van der Waals surface area (Å²) in [6.45, 7) is 3.40. The Morgan fingerprint density at radius 3 is 3.21 bits per heavy atom. The van der Waals surface area contributed by atoms with Crippen LogP contribution in [-0.2, 0) is 21.3 Å². The van der Waals surface area contributed by atoms with Crippen molar-refractivity contribution < 1.29 is 14.3 Å². The van der Waals surface area contributed by atoms with Gasteiger partial charge in [-0.05, 0) is 12.8 Å². The zero-order valence-corrected chi connectivity index (χ0v) is 11.5. The van der Waals surface area contributed by atoms with Crippen molar-refractivity contribution in [1.29, 1.82) is 0 Å². The van der Waals surface area contributed by atoms with E-state index in [1.54, 1.807) is 10.9 Å². The van der Waals surface area contributed by atoms with Crippen LogP contribution in [0.4, 0.5) is 0 Å². The van der Waals surface area contributed by atoms with Crippen molar-refractivity contribution in [2.24, 2.45) is 7.05 Å². The maximum absolute atomic E-state index is 11.7. The molecule has 1 aliphatic rings. The summed E-state index contributed by atoms with van der Waals surface area (Å²) in [6, 6.07) is 0.00178. The highest BCUT2D eigenvalue weighted by atomic mass is 16.5. The topological polar surface area (TPSA) is 65.4 Å².